The van der Waals surface area contributed by atoms with Crippen molar-refractivity contribution in [2.45, 2.75) is 18.9 Å². The van der Waals surface area contributed by atoms with Crippen LogP contribution in [0.2, 0.25) is 0 Å². The Labute approximate surface area is 174 Å². The van der Waals surface area contributed by atoms with E-state index in [2.05, 4.69) is 25.6 Å². The number of hydrogen-bond donors (Lipinski definition) is 3. The van der Waals surface area contributed by atoms with Crippen molar-refractivity contribution in [1.82, 2.24) is 20.3 Å². The molecule has 0 bridgehead atoms. The molecule has 1 aliphatic carbocycles. The SMILES string of the molecule is CS(=O)(=O)CCNc1nc(N)nc2ccc(-c3ccc(C(=O)NC4CC4)cc3)nc12. The number of rotatable bonds is 7. The number of anilines is 2. The second kappa shape index (κ2) is 7.86. The first-order chi connectivity index (χ1) is 14.3. The van der Waals surface area contributed by atoms with Gasteiger partial charge < -0.3 is 16.4 Å². The lowest BCUT2D eigenvalue weighted by Gasteiger charge is -2.10. The second-order valence-corrected chi connectivity index (χ2v) is 9.64. The van der Waals surface area contributed by atoms with Gasteiger partial charge >= 0.3 is 0 Å². The predicted octanol–water partition coefficient (Wildman–Crippen LogP) is 1.62. The largest absolute Gasteiger partial charge is 0.368 e. The molecular formula is C20H22N6O3S. The fourth-order valence-electron chi connectivity index (χ4n) is 2.96. The lowest BCUT2D eigenvalue weighted by Crippen LogP contribution is -2.25. The molecule has 0 atom stereocenters. The van der Waals surface area contributed by atoms with Gasteiger partial charge in [-0.25, -0.2) is 18.4 Å². The van der Waals surface area contributed by atoms with E-state index in [1.807, 2.05) is 18.2 Å². The van der Waals surface area contributed by atoms with E-state index in [-0.39, 0.29) is 24.2 Å². The monoisotopic (exact) mass is 426 g/mol. The highest BCUT2D eigenvalue weighted by Crippen LogP contribution is 2.25. The number of sulfone groups is 1. The first-order valence-electron chi connectivity index (χ1n) is 9.56. The molecule has 0 radical (unpaired) electrons. The Hall–Kier alpha value is -3.27. The number of amides is 1. The van der Waals surface area contributed by atoms with Gasteiger partial charge in [0.25, 0.3) is 5.91 Å². The minimum atomic E-state index is -3.11. The minimum absolute atomic E-state index is 0.0392. The van der Waals surface area contributed by atoms with Crippen molar-refractivity contribution < 1.29 is 13.2 Å². The molecule has 1 aromatic carbocycles. The molecule has 156 valence electrons. The van der Waals surface area contributed by atoms with Crippen molar-refractivity contribution in [2.75, 3.05) is 29.6 Å². The smallest absolute Gasteiger partial charge is 0.251 e. The number of carbonyl (C=O) groups is 1. The van der Waals surface area contributed by atoms with Crippen LogP contribution in [0.15, 0.2) is 36.4 Å². The molecule has 0 aliphatic heterocycles. The molecule has 1 fully saturated rings. The topological polar surface area (TPSA) is 140 Å². The van der Waals surface area contributed by atoms with E-state index in [4.69, 9.17) is 5.73 Å². The molecule has 1 aliphatic rings. The van der Waals surface area contributed by atoms with Gasteiger partial charge in [0.1, 0.15) is 15.4 Å². The van der Waals surface area contributed by atoms with Crippen LogP contribution in [-0.4, -0.2) is 53.9 Å². The summed E-state index contributed by atoms with van der Waals surface area (Å²) < 4.78 is 22.8. The van der Waals surface area contributed by atoms with Crippen LogP contribution in [0.4, 0.5) is 11.8 Å². The number of benzene rings is 1. The van der Waals surface area contributed by atoms with Crippen molar-refractivity contribution in [3.63, 3.8) is 0 Å². The van der Waals surface area contributed by atoms with Crippen molar-refractivity contribution in [3.05, 3.63) is 42.0 Å². The molecule has 2 aromatic heterocycles. The van der Waals surface area contributed by atoms with Crippen molar-refractivity contribution >= 4 is 38.5 Å². The zero-order valence-electron chi connectivity index (χ0n) is 16.4. The predicted molar refractivity (Wildman–Crippen MR) is 116 cm³/mol. The molecular weight excluding hydrogens is 404 g/mol. The van der Waals surface area contributed by atoms with Crippen LogP contribution >= 0.6 is 0 Å². The van der Waals surface area contributed by atoms with Crippen LogP contribution < -0.4 is 16.4 Å². The summed E-state index contributed by atoms with van der Waals surface area (Å²) in [6, 6.07) is 11.1. The average molecular weight is 427 g/mol. The van der Waals surface area contributed by atoms with Crippen LogP contribution in [-0.2, 0) is 9.84 Å². The zero-order chi connectivity index (χ0) is 21.3. The minimum Gasteiger partial charge on any atom is -0.368 e. The summed E-state index contributed by atoms with van der Waals surface area (Å²) in [6.45, 7) is 0.182. The van der Waals surface area contributed by atoms with Crippen molar-refractivity contribution in [3.8, 4) is 11.3 Å². The molecule has 3 aromatic rings. The number of nitrogens with one attached hydrogen (secondary N) is 2. The summed E-state index contributed by atoms with van der Waals surface area (Å²) in [6.07, 6.45) is 3.25. The number of fused-ring (bicyclic) bond motifs is 1. The molecule has 2 heterocycles. The zero-order valence-corrected chi connectivity index (χ0v) is 17.2. The Bertz CT molecular complexity index is 1210. The quantitative estimate of drug-likeness (QED) is 0.518. The molecule has 0 spiro atoms. The highest BCUT2D eigenvalue weighted by atomic mass is 32.2. The fraction of sp³-hybridized carbons (Fsp3) is 0.300. The maximum absolute atomic E-state index is 12.2. The van der Waals surface area contributed by atoms with Gasteiger partial charge in [0.15, 0.2) is 5.82 Å². The molecule has 0 saturated heterocycles. The number of carbonyl (C=O) groups excluding carboxylic acids is 1. The maximum Gasteiger partial charge on any atom is 0.251 e. The van der Waals surface area contributed by atoms with Crippen LogP contribution in [0.1, 0.15) is 23.2 Å². The number of pyridine rings is 1. The second-order valence-electron chi connectivity index (χ2n) is 7.38. The molecule has 9 nitrogen and oxygen atoms in total. The Morgan fingerprint density at radius 1 is 1.10 bits per heavy atom. The Kier molecular flexibility index (Phi) is 5.25. The molecule has 10 heteroatoms. The van der Waals surface area contributed by atoms with E-state index < -0.39 is 9.84 Å². The third-order valence-electron chi connectivity index (χ3n) is 4.68. The summed E-state index contributed by atoms with van der Waals surface area (Å²) in [5, 5.41) is 5.95. The molecule has 1 saturated carbocycles. The third-order valence-corrected chi connectivity index (χ3v) is 5.63. The Morgan fingerprint density at radius 2 is 1.83 bits per heavy atom. The molecule has 4 N–H and O–H groups in total. The Balaban J connectivity index is 1.60. The average Bonchev–Trinajstić information content (AvgIpc) is 3.51. The first kappa shape index (κ1) is 20.0. The van der Waals surface area contributed by atoms with Gasteiger partial charge in [-0.2, -0.15) is 4.98 Å². The number of nitrogens with zero attached hydrogens (tertiary/aromatic N) is 3. The summed E-state index contributed by atoms with van der Waals surface area (Å²) >= 11 is 0. The van der Waals surface area contributed by atoms with Gasteiger partial charge in [0, 0.05) is 30.0 Å². The summed E-state index contributed by atoms with van der Waals surface area (Å²) in [4.78, 5) is 25.2. The highest BCUT2D eigenvalue weighted by molar-refractivity contribution is 7.90. The van der Waals surface area contributed by atoms with Gasteiger partial charge in [0.2, 0.25) is 5.95 Å². The number of nitrogen functional groups attached to an aromatic ring is 1. The summed E-state index contributed by atoms with van der Waals surface area (Å²) in [7, 11) is -3.11. The number of aromatic nitrogens is 3. The maximum atomic E-state index is 12.2. The van der Waals surface area contributed by atoms with Gasteiger partial charge in [-0.3, -0.25) is 4.79 Å². The van der Waals surface area contributed by atoms with Crippen molar-refractivity contribution in [1.29, 1.82) is 0 Å². The molecule has 0 unspecified atom stereocenters. The van der Waals surface area contributed by atoms with E-state index in [1.165, 1.54) is 6.26 Å². The highest BCUT2D eigenvalue weighted by Gasteiger charge is 2.23. The van der Waals surface area contributed by atoms with E-state index >= 15 is 0 Å². The molecule has 1 amide bonds. The van der Waals surface area contributed by atoms with Crippen LogP contribution in [0.3, 0.4) is 0 Å². The van der Waals surface area contributed by atoms with Crippen LogP contribution in [0, 0.1) is 0 Å². The van der Waals surface area contributed by atoms with Gasteiger partial charge in [-0.05, 0) is 37.1 Å². The third kappa shape index (κ3) is 4.82. The van der Waals surface area contributed by atoms with Gasteiger partial charge in [-0.1, -0.05) is 12.1 Å². The van der Waals surface area contributed by atoms with E-state index in [0.29, 0.717) is 34.2 Å². The van der Waals surface area contributed by atoms with E-state index in [9.17, 15) is 13.2 Å². The van der Waals surface area contributed by atoms with Crippen LogP contribution in [0.25, 0.3) is 22.3 Å². The summed E-state index contributed by atoms with van der Waals surface area (Å²) in [5.41, 5.74) is 8.92. The standard InChI is InChI=1S/C20H22N6O3S/c1-30(28,29)11-10-22-18-17-16(25-20(21)26-18)9-8-15(24-17)12-2-4-13(5-3-12)19(27)23-14-6-7-14/h2-5,8-9,14H,6-7,10-11H2,1H3,(H,23,27)(H3,21,22,25,26). The lowest BCUT2D eigenvalue weighted by molar-refractivity contribution is 0.0951. The van der Waals surface area contributed by atoms with Gasteiger partial charge in [-0.15, -0.1) is 0 Å². The Morgan fingerprint density at radius 3 is 2.50 bits per heavy atom. The number of hydrogen-bond acceptors (Lipinski definition) is 8. The van der Waals surface area contributed by atoms with Gasteiger partial charge in [0.05, 0.1) is 17.0 Å². The molecule has 30 heavy (non-hydrogen) atoms. The van der Waals surface area contributed by atoms with E-state index in [1.54, 1.807) is 18.2 Å². The van der Waals surface area contributed by atoms with E-state index in [0.717, 1.165) is 18.4 Å². The summed E-state index contributed by atoms with van der Waals surface area (Å²) in [5.74, 6) is 0.341. The first-order valence-corrected chi connectivity index (χ1v) is 11.6. The van der Waals surface area contributed by atoms with Crippen molar-refractivity contribution in [2.24, 2.45) is 0 Å². The fourth-order valence-corrected chi connectivity index (χ4v) is 3.43. The normalized spacial score (nSPS) is 13.9. The lowest BCUT2D eigenvalue weighted by atomic mass is 10.1. The van der Waals surface area contributed by atoms with Crippen LogP contribution in [0.5, 0.6) is 0 Å². The number of nitrogens with two attached hydrogens (primary N) is 1. The molecule has 4 rings (SSSR count).